The maximum absolute atomic E-state index is 13.6. The first-order valence-corrected chi connectivity index (χ1v) is 13.9. The minimum Gasteiger partial charge on any atom is -0.444 e. The van der Waals surface area contributed by atoms with Crippen LogP contribution in [0.5, 0.6) is 0 Å². The first kappa shape index (κ1) is 32.4. The normalized spacial score (nSPS) is 13.2. The Morgan fingerprint density at radius 3 is 2.12 bits per heavy atom. The number of hydrogen-bond donors (Lipinski definition) is 5. The second-order valence-corrected chi connectivity index (χ2v) is 12.1. The molecule has 0 radical (unpaired) electrons. The van der Waals surface area contributed by atoms with E-state index in [4.69, 9.17) is 9.47 Å². The van der Waals surface area contributed by atoms with Gasteiger partial charge in [0.05, 0.1) is 0 Å². The number of amides is 3. The van der Waals surface area contributed by atoms with Gasteiger partial charge in [0.25, 0.3) is 5.91 Å². The topological polar surface area (TPSA) is 142 Å². The van der Waals surface area contributed by atoms with Crippen LogP contribution in [0.1, 0.15) is 58.5 Å². The lowest BCUT2D eigenvalue weighted by molar-refractivity contribution is 0.0466. The molecule has 2 aromatic carbocycles. The molecule has 1 heterocycles. The zero-order valence-electron chi connectivity index (χ0n) is 25.0. The Kier molecular flexibility index (Phi) is 10.6. The quantitative estimate of drug-likeness (QED) is 0.224. The van der Waals surface area contributed by atoms with Gasteiger partial charge in [0, 0.05) is 48.1 Å². The van der Waals surface area contributed by atoms with E-state index in [2.05, 4.69) is 20.9 Å². The summed E-state index contributed by atoms with van der Waals surface area (Å²) in [5.41, 5.74) is 0.869. The van der Waals surface area contributed by atoms with Crippen molar-refractivity contribution in [3.05, 3.63) is 60.0 Å². The third kappa shape index (κ3) is 9.76. The summed E-state index contributed by atoms with van der Waals surface area (Å²) in [4.78, 5) is 41.4. The van der Waals surface area contributed by atoms with Gasteiger partial charge in [-0.2, -0.15) is 0 Å². The Labute approximate surface area is 245 Å². The summed E-state index contributed by atoms with van der Waals surface area (Å²) >= 11 is 0. The summed E-state index contributed by atoms with van der Waals surface area (Å²) < 4.78 is 24.3. The van der Waals surface area contributed by atoms with Crippen molar-refractivity contribution in [1.29, 1.82) is 0 Å². The molecule has 1 aromatic heterocycles. The number of benzene rings is 2. The lowest BCUT2D eigenvalue weighted by Gasteiger charge is -2.27. The van der Waals surface area contributed by atoms with Crippen LogP contribution in [-0.4, -0.2) is 65.1 Å². The highest BCUT2D eigenvalue weighted by molar-refractivity contribution is 6.09. The van der Waals surface area contributed by atoms with Crippen LogP contribution in [0.2, 0.25) is 0 Å². The van der Waals surface area contributed by atoms with Crippen LogP contribution in [0.15, 0.2) is 48.5 Å². The number of aromatic amines is 1. The number of aliphatic hydroxyl groups excluding tert-OH is 1. The van der Waals surface area contributed by atoms with E-state index in [0.29, 0.717) is 11.1 Å². The maximum Gasteiger partial charge on any atom is 0.407 e. The van der Waals surface area contributed by atoms with Crippen LogP contribution in [-0.2, 0) is 9.47 Å². The standard InChI is InChI=1S/C31H41FN4O6/c1-30(2,3)41-28(39)34-16-19(18-37)15-22(35-29(40)42-31(4,5)6)17-33-27(38)26-25(20-11-13-21(32)14-12-20)23-9-7-8-10-24(23)36-26/h7-14,19,22,36-37H,15-18H2,1-6H3,(H,33,38)(H,34,39)(H,35,40)/t19?,22-/m1/s1. The van der Waals surface area contributed by atoms with Crippen molar-refractivity contribution in [1.82, 2.24) is 20.9 Å². The zero-order chi connectivity index (χ0) is 31.1. The van der Waals surface area contributed by atoms with Gasteiger partial charge < -0.3 is 35.5 Å². The highest BCUT2D eigenvalue weighted by Gasteiger charge is 2.25. The van der Waals surface area contributed by atoms with Gasteiger partial charge in [0.2, 0.25) is 0 Å². The minimum atomic E-state index is -0.749. The summed E-state index contributed by atoms with van der Waals surface area (Å²) in [5, 5.41) is 19.1. The molecule has 42 heavy (non-hydrogen) atoms. The van der Waals surface area contributed by atoms with E-state index in [0.717, 1.165) is 10.9 Å². The molecule has 5 N–H and O–H groups in total. The van der Waals surface area contributed by atoms with Gasteiger partial charge in [-0.25, -0.2) is 14.0 Å². The Bertz CT molecular complexity index is 1370. The number of aliphatic hydroxyl groups is 1. The molecule has 3 amide bonds. The van der Waals surface area contributed by atoms with Crippen molar-refractivity contribution in [3.63, 3.8) is 0 Å². The van der Waals surface area contributed by atoms with Crippen molar-refractivity contribution in [3.8, 4) is 11.1 Å². The second kappa shape index (κ2) is 13.7. The third-order valence-electron chi connectivity index (χ3n) is 6.11. The van der Waals surface area contributed by atoms with E-state index < -0.39 is 41.3 Å². The summed E-state index contributed by atoms with van der Waals surface area (Å²) in [7, 11) is 0. The predicted molar refractivity (Wildman–Crippen MR) is 159 cm³/mol. The first-order valence-electron chi connectivity index (χ1n) is 13.9. The van der Waals surface area contributed by atoms with E-state index in [1.54, 1.807) is 53.7 Å². The van der Waals surface area contributed by atoms with E-state index in [-0.39, 0.29) is 37.6 Å². The summed E-state index contributed by atoms with van der Waals surface area (Å²) in [5.74, 6) is -1.29. The molecule has 3 aromatic rings. The fourth-order valence-electron chi connectivity index (χ4n) is 4.37. The molecule has 0 saturated carbocycles. The Morgan fingerprint density at radius 1 is 0.881 bits per heavy atom. The van der Waals surface area contributed by atoms with Crippen LogP contribution >= 0.6 is 0 Å². The van der Waals surface area contributed by atoms with E-state index in [1.165, 1.54) is 12.1 Å². The molecule has 0 aliphatic carbocycles. The van der Waals surface area contributed by atoms with Crippen molar-refractivity contribution in [2.45, 2.75) is 65.2 Å². The van der Waals surface area contributed by atoms with Gasteiger partial charge in [-0.05, 0) is 71.7 Å². The summed E-state index contributed by atoms with van der Waals surface area (Å²) in [6.07, 6.45) is -1.10. The smallest absolute Gasteiger partial charge is 0.407 e. The monoisotopic (exact) mass is 584 g/mol. The van der Waals surface area contributed by atoms with Crippen molar-refractivity contribution < 1.29 is 33.4 Å². The highest BCUT2D eigenvalue weighted by atomic mass is 19.1. The zero-order valence-corrected chi connectivity index (χ0v) is 25.0. The van der Waals surface area contributed by atoms with Crippen molar-refractivity contribution in [2.75, 3.05) is 19.7 Å². The highest BCUT2D eigenvalue weighted by Crippen LogP contribution is 2.32. The number of hydrogen-bond acceptors (Lipinski definition) is 6. The molecule has 0 saturated heterocycles. The largest absolute Gasteiger partial charge is 0.444 e. The van der Waals surface area contributed by atoms with Gasteiger partial charge in [-0.3, -0.25) is 4.79 Å². The summed E-state index contributed by atoms with van der Waals surface area (Å²) in [6, 6.07) is 12.6. The lowest BCUT2D eigenvalue weighted by Crippen LogP contribution is -2.47. The van der Waals surface area contributed by atoms with E-state index in [1.807, 2.05) is 24.3 Å². The maximum atomic E-state index is 13.6. The number of carbonyl (C=O) groups excluding carboxylic acids is 3. The average molecular weight is 585 g/mol. The molecule has 3 rings (SSSR count). The fraction of sp³-hybridized carbons (Fsp3) is 0.452. The summed E-state index contributed by atoms with van der Waals surface area (Å²) in [6.45, 7) is 10.2. The molecule has 0 fully saturated rings. The minimum absolute atomic E-state index is 0.000757. The van der Waals surface area contributed by atoms with Gasteiger partial charge >= 0.3 is 12.2 Å². The predicted octanol–water partition coefficient (Wildman–Crippen LogP) is 5.12. The number of H-pyrrole nitrogens is 1. The number of halogens is 1. The molecule has 0 aliphatic heterocycles. The number of para-hydroxylation sites is 1. The molecular formula is C31H41FN4O6. The molecule has 1 unspecified atom stereocenters. The average Bonchev–Trinajstić information content (AvgIpc) is 3.27. The van der Waals surface area contributed by atoms with Crippen LogP contribution in [0.4, 0.5) is 14.0 Å². The van der Waals surface area contributed by atoms with E-state index >= 15 is 0 Å². The van der Waals surface area contributed by atoms with Crippen molar-refractivity contribution >= 4 is 29.0 Å². The number of fused-ring (bicyclic) bond motifs is 1. The number of ether oxygens (including phenoxy) is 2. The molecule has 0 spiro atoms. The Morgan fingerprint density at radius 2 is 1.50 bits per heavy atom. The van der Waals surface area contributed by atoms with Gasteiger partial charge in [-0.1, -0.05) is 30.3 Å². The van der Waals surface area contributed by atoms with Crippen LogP contribution in [0.25, 0.3) is 22.0 Å². The molecule has 2 atom stereocenters. The van der Waals surface area contributed by atoms with Gasteiger partial charge in [0.1, 0.15) is 22.7 Å². The number of nitrogens with one attached hydrogen (secondary N) is 4. The third-order valence-corrected chi connectivity index (χ3v) is 6.11. The first-order chi connectivity index (χ1) is 19.6. The molecule has 228 valence electrons. The second-order valence-electron chi connectivity index (χ2n) is 12.1. The SMILES string of the molecule is CC(C)(C)OC(=O)NCC(CO)C[C@H](CNC(=O)c1[nH]c2ccccc2c1-c1ccc(F)cc1)NC(=O)OC(C)(C)C. The lowest BCUT2D eigenvalue weighted by atomic mass is 9.99. The van der Waals surface area contributed by atoms with Gasteiger partial charge in [-0.15, -0.1) is 0 Å². The van der Waals surface area contributed by atoms with E-state index in [9.17, 15) is 23.9 Å². The molecule has 0 bridgehead atoms. The van der Waals surface area contributed by atoms with Crippen LogP contribution in [0.3, 0.4) is 0 Å². The number of rotatable bonds is 10. The Balaban J connectivity index is 1.79. The molecular weight excluding hydrogens is 543 g/mol. The number of carbonyl (C=O) groups is 3. The van der Waals surface area contributed by atoms with Crippen molar-refractivity contribution in [2.24, 2.45) is 5.92 Å². The van der Waals surface area contributed by atoms with Crippen LogP contribution < -0.4 is 16.0 Å². The Hall–Kier alpha value is -4.12. The fourth-order valence-corrected chi connectivity index (χ4v) is 4.37. The molecule has 0 aliphatic rings. The van der Waals surface area contributed by atoms with Gasteiger partial charge in [0.15, 0.2) is 0 Å². The molecule has 10 nitrogen and oxygen atoms in total. The van der Waals surface area contributed by atoms with Crippen LogP contribution in [0, 0.1) is 11.7 Å². The molecule has 11 heteroatoms. The number of aromatic nitrogens is 1. The number of alkyl carbamates (subject to hydrolysis) is 2.